The molecule has 6 nitrogen and oxygen atoms in total. The van der Waals surface area contributed by atoms with Crippen LogP contribution in [0.15, 0.2) is 30.3 Å². The number of carbonyl (C=O) groups is 3. The fourth-order valence-corrected chi connectivity index (χ4v) is 2.93. The molecule has 0 saturated heterocycles. The molecule has 0 aliphatic carbocycles. The van der Waals surface area contributed by atoms with Crippen LogP contribution < -0.4 is 16.0 Å². The molecule has 8 heteroatoms. The molecule has 0 spiro atoms. The van der Waals surface area contributed by atoms with Crippen LogP contribution >= 0.6 is 11.3 Å². The summed E-state index contributed by atoms with van der Waals surface area (Å²) in [6, 6.07) is 7.55. The lowest BCUT2D eigenvalue weighted by Gasteiger charge is -2.09. The summed E-state index contributed by atoms with van der Waals surface area (Å²) < 4.78 is 13.8. The molecule has 25 heavy (non-hydrogen) atoms. The molecular weight excluding hydrogens is 345 g/mol. The highest BCUT2D eigenvalue weighted by molar-refractivity contribution is 7.11. The summed E-state index contributed by atoms with van der Waals surface area (Å²) in [6.45, 7) is 3.57. The van der Waals surface area contributed by atoms with Crippen molar-refractivity contribution in [2.45, 2.75) is 26.8 Å². The van der Waals surface area contributed by atoms with Crippen molar-refractivity contribution in [3.8, 4) is 0 Å². The quantitative estimate of drug-likeness (QED) is 0.714. The predicted molar refractivity (Wildman–Crippen MR) is 94.9 cm³/mol. The molecule has 0 aliphatic rings. The zero-order chi connectivity index (χ0) is 18.4. The summed E-state index contributed by atoms with van der Waals surface area (Å²) in [5.41, 5.74) is 0.131. The molecule has 2 aromatic rings. The van der Waals surface area contributed by atoms with Gasteiger partial charge in [-0.05, 0) is 36.8 Å². The van der Waals surface area contributed by atoms with Crippen molar-refractivity contribution >= 4 is 40.4 Å². The number of amides is 3. The van der Waals surface area contributed by atoms with E-state index in [1.807, 2.05) is 19.1 Å². The zero-order valence-corrected chi connectivity index (χ0v) is 14.6. The van der Waals surface area contributed by atoms with Gasteiger partial charge in [-0.15, -0.1) is 11.3 Å². The number of anilines is 2. The van der Waals surface area contributed by atoms with E-state index in [2.05, 4.69) is 16.0 Å². The number of thiophene rings is 1. The van der Waals surface area contributed by atoms with Crippen molar-refractivity contribution in [1.29, 1.82) is 0 Å². The van der Waals surface area contributed by atoms with Crippen LogP contribution in [-0.2, 0) is 27.3 Å². The first-order chi connectivity index (χ1) is 11.9. The zero-order valence-electron chi connectivity index (χ0n) is 13.8. The summed E-state index contributed by atoms with van der Waals surface area (Å²) in [5.74, 6) is -2.88. The molecule has 1 heterocycles. The van der Waals surface area contributed by atoms with Gasteiger partial charge in [0.25, 0.3) is 0 Å². The number of aryl methyl sites for hydroxylation is 1. The van der Waals surface area contributed by atoms with Crippen molar-refractivity contribution in [2.75, 3.05) is 10.6 Å². The molecule has 3 amide bonds. The van der Waals surface area contributed by atoms with Gasteiger partial charge in [-0.25, -0.2) is 4.39 Å². The Bertz CT molecular complexity index is 804. The van der Waals surface area contributed by atoms with E-state index in [-0.39, 0.29) is 18.1 Å². The van der Waals surface area contributed by atoms with Crippen LogP contribution in [-0.4, -0.2) is 17.7 Å². The molecule has 0 aliphatic heterocycles. The van der Waals surface area contributed by atoms with E-state index in [0.29, 0.717) is 5.69 Å². The van der Waals surface area contributed by atoms with Gasteiger partial charge in [-0.2, -0.15) is 0 Å². The van der Waals surface area contributed by atoms with Gasteiger partial charge in [0.15, 0.2) is 0 Å². The summed E-state index contributed by atoms with van der Waals surface area (Å²) in [7, 11) is 0. The fourth-order valence-electron chi connectivity index (χ4n) is 2.04. The first kappa shape index (κ1) is 18.6. The van der Waals surface area contributed by atoms with Crippen LogP contribution in [0.4, 0.5) is 15.8 Å². The van der Waals surface area contributed by atoms with Crippen LogP contribution in [0.25, 0.3) is 0 Å². The van der Waals surface area contributed by atoms with Crippen LogP contribution in [0.1, 0.15) is 23.6 Å². The first-order valence-corrected chi connectivity index (χ1v) is 8.44. The van der Waals surface area contributed by atoms with E-state index >= 15 is 0 Å². The normalized spacial score (nSPS) is 10.2. The van der Waals surface area contributed by atoms with Crippen molar-refractivity contribution in [3.63, 3.8) is 0 Å². The third-order valence-corrected chi connectivity index (χ3v) is 4.46. The van der Waals surface area contributed by atoms with Crippen molar-refractivity contribution in [2.24, 2.45) is 0 Å². The molecule has 1 aromatic heterocycles. The number of nitrogens with one attached hydrogen (secondary N) is 3. The highest BCUT2D eigenvalue weighted by atomic mass is 32.1. The Hall–Kier alpha value is -2.74. The van der Waals surface area contributed by atoms with Gasteiger partial charge in [0.1, 0.15) is 5.82 Å². The smallest absolute Gasteiger partial charge is 0.313 e. The SMILES string of the molecule is CCc1ccc(CNC(=O)C(=O)Nc2cc(NC(C)=O)ccc2F)s1. The van der Waals surface area contributed by atoms with E-state index in [1.54, 1.807) is 11.3 Å². The van der Waals surface area contributed by atoms with Gasteiger partial charge in [-0.1, -0.05) is 6.92 Å². The lowest BCUT2D eigenvalue weighted by Crippen LogP contribution is -2.35. The third kappa shape index (κ3) is 5.39. The largest absolute Gasteiger partial charge is 0.343 e. The number of carbonyl (C=O) groups excluding carboxylic acids is 3. The van der Waals surface area contributed by atoms with Crippen molar-refractivity contribution < 1.29 is 18.8 Å². The summed E-state index contributed by atoms with van der Waals surface area (Å²) in [5, 5.41) is 7.17. The second kappa shape index (κ2) is 8.39. The monoisotopic (exact) mass is 363 g/mol. The second-order valence-electron chi connectivity index (χ2n) is 5.23. The van der Waals surface area contributed by atoms with E-state index in [9.17, 15) is 18.8 Å². The summed E-state index contributed by atoms with van der Waals surface area (Å²) >= 11 is 1.55. The van der Waals surface area contributed by atoms with Crippen molar-refractivity contribution in [1.82, 2.24) is 5.32 Å². The number of hydrogen-bond acceptors (Lipinski definition) is 4. The molecule has 0 unspecified atom stereocenters. The van der Waals surface area contributed by atoms with Crippen LogP contribution in [0, 0.1) is 5.82 Å². The lowest BCUT2D eigenvalue weighted by molar-refractivity contribution is -0.136. The van der Waals surface area contributed by atoms with Crippen LogP contribution in [0.2, 0.25) is 0 Å². The Morgan fingerprint density at radius 3 is 2.40 bits per heavy atom. The molecule has 0 fully saturated rings. The predicted octanol–water partition coefficient (Wildman–Crippen LogP) is 2.66. The maximum atomic E-state index is 13.8. The Morgan fingerprint density at radius 2 is 1.76 bits per heavy atom. The average Bonchev–Trinajstić information content (AvgIpc) is 3.03. The molecule has 2 rings (SSSR count). The number of benzene rings is 1. The molecule has 0 radical (unpaired) electrons. The number of hydrogen-bond donors (Lipinski definition) is 3. The van der Waals surface area contributed by atoms with Crippen LogP contribution in [0.3, 0.4) is 0 Å². The lowest BCUT2D eigenvalue weighted by atomic mass is 10.2. The molecular formula is C17H18FN3O3S. The highest BCUT2D eigenvalue weighted by Crippen LogP contribution is 2.20. The minimum absolute atomic E-state index is 0.184. The van der Waals surface area contributed by atoms with E-state index in [1.165, 1.54) is 23.9 Å². The Labute approximate surface area is 148 Å². The number of halogens is 1. The van der Waals surface area contributed by atoms with Crippen molar-refractivity contribution in [3.05, 3.63) is 45.9 Å². The standard InChI is InChI=1S/C17H18FN3O3S/c1-3-12-5-6-13(25-12)9-19-16(23)17(24)21-15-8-11(20-10(2)22)4-7-14(15)18/h4-8H,3,9H2,1-2H3,(H,19,23)(H,20,22)(H,21,24). The second-order valence-corrected chi connectivity index (χ2v) is 6.49. The van der Waals surface area contributed by atoms with E-state index in [4.69, 9.17) is 0 Å². The summed E-state index contributed by atoms with van der Waals surface area (Å²) in [6.07, 6.45) is 0.906. The van der Waals surface area contributed by atoms with E-state index in [0.717, 1.165) is 17.4 Å². The van der Waals surface area contributed by atoms with E-state index < -0.39 is 17.6 Å². The molecule has 132 valence electrons. The molecule has 0 bridgehead atoms. The maximum Gasteiger partial charge on any atom is 0.313 e. The van der Waals surface area contributed by atoms with Gasteiger partial charge in [0.2, 0.25) is 5.91 Å². The molecule has 1 aromatic carbocycles. The maximum absolute atomic E-state index is 13.8. The van der Waals surface area contributed by atoms with Gasteiger partial charge in [0.05, 0.1) is 12.2 Å². The highest BCUT2D eigenvalue weighted by Gasteiger charge is 2.16. The molecule has 0 saturated carbocycles. The van der Waals surface area contributed by atoms with Gasteiger partial charge >= 0.3 is 11.8 Å². The Kier molecular flexibility index (Phi) is 6.24. The molecule has 0 atom stereocenters. The minimum Gasteiger partial charge on any atom is -0.343 e. The topological polar surface area (TPSA) is 87.3 Å². The number of rotatable bonds is 5. The van der Waals surface area contributed by atoms with Crippen LogP contribution in [0.5, 0.6) is 0 Å². The first-order valence-electron chi connectivity index (χ1n) is 7.63. The third-order valence-electron chi connectivity index (χ3n) is 3.23. The average molecular weight is 363 g/mol. The minimum atomic E-state index is -0.980. The van der Waals surface area contributed by atoms with Gasteiger partial charge < -0.3 is 16.0 Å². The van der Waals surface area contributed by atoms with Gasteiger partial charge in [-0.3, -0.25) is 14.4 Å². The fraction of sp³-hybridized carbons (Fsp3) is 0.235. The Morgan fingerprint density at radius 1 is 1.04 bits per heavy atom. The summed E-state index contributed by atoms with van der Waals surface area (Å²) in [4.78, 5) is 36.9. The Balaban J connectivity index is 1.96. The van der Waals surface area contributed by atoms with Gasteiger partial charge in [0, 0.05) is 22.4 Å². The molecule has 3 N–H and O–H groups in total.